The molecule has 0 radical (unpaired) electrons. The van der Waals surface area contributed by atoms with Crippen LogP contribution in [0.1, 0.15) is 77.2 Å². The number of para-hydroxylation sites is 1. The van der Waals surface area contributed by atoms with Gasteiger partial charge in [0.25, 0.3) is 0 Å². The van der Waals surface area contributed by atoms with Crippen LogP contribution in [0.5, 0.6) is 5.75 Å². The number of benzene rings is 1. The van der Waals surface area contributed by atoms with Crippen LogP contribution in [0.4, 0.5) is 0 Å². The third-order valence-corrected chi connectivity index (χ3v) is 4.58. The van der Waals surface area contributed by atoms with Crippen LogP contribution in [0.25, 0.3) is 6.08 Å². The van der Waals surface area contributed by atoms with Gasteiger partial charge < -0.3 is 14.6 Å². The number of hydrogen-bond donors (Lipinski definition) is 1. The monoisotopic (exact) mass is 402 g/mol. The molecule has 0 heterocycles. The highest BCUT2D eigenvalue weighted by Crippen LogP contribution is 2.20. The Morgan fingerprint density at radius 2 is 1.79 bits per heavy atom. The first-order valence-corrected chi connectivity index (χ1v) is 11.1. The van der Waals surface area contributed by atoms with E-state index in [9.17, 15) is 9.90 Å². The van der Waals surface area contributed by atoms with E-state index in [1.54, 1.807) is 6.92 Å². The lowest BCUT2D eigenvalue weighted by atomic mass is 10.1. The SMILES string of the molecule is CCCCCCCC[C@@H](O)/C=C/C=C/c1ccccc1OCCCC(=O)OCC. The molecule has 162 valence electrons. The molecule has 0 unspecified atom stereocenters. The molecule has 4 heteroatoms. The van der Waals surface area contributed by atoms with Crippen molar-refractivity contribution < 1.29 is 19.4 Å². The second-order valence-corrected chi connectivity index (χ2v) is 7.16. The van der Waals surface area contributed by atoms with E-state index in [2.05, 4.69) is 6.92 Å². The number of carbonyl (C=O) groups excluding carboxylic acids is 1. The molecule has 0 saturated carbocycles. The Kier molecular flexibility index (Phi) is 14.5. The number of esters is 1. The fourth-order valence-corrected chi connectivity index (χ4v) is 2.96. The molecule has 1 N–H and O–H groups in total. The minimum atomic E-state index is -0.389. The van der Waals surface area contributed by atoms with E-state index in [0.717, 1.165) is 24.2 Å². The Labute approximate surface area is 176 Å². The highest BCUT2D eigenvalue weighted by Gasteiger charge is 2.03. The average molecular weight is 403 g/mol. The first-order valence-electron chi connectivity index (χ1n) is 11.1. The van der Waals surface area contributed by atoms with Crippen molar-refractivity contribution >= 4 is 12.0 Å². The number of ether oxygens (including phenoxy) is 2. The van der Waals surface area contributed by atoms with Gasteiger partial charge in [-0.25, -0.2) is 0 Å². The van der Waals surface area contributed by atoms with E-state index in [0.29, 0.717) is 26.1 Å². The number of allylic oxidation sites excluding steroid dienone is 2. The zero-order chi connectivity index (χ0) is 21.2. The maximum atomic E-state index is 11.4. The van der Waals surface area contributed by atoms with E-state index in [1.807, 2.05) is 48.6 Å². The highest BCUT2D eigenvalue weighted by molar-refractivity contribution is 5.69. The van der Waals surface area contributed by atoms with Crippen molar-refractivity contribution in [3.8, 4) is 5.75 Å². The van der Waals surface area contributed by atoms with Crippen LogP contribution in [-0.4, -0.2) is 30.4 Å². The highest BCUT2D eigenvalue weighted by atomic mass is 16.5. The van der Waals surface area contributed by atoms with Gasteiger partial charge in [-0.2, -0.15) is 0 Å². The summed E-state index contributed by atoms with van der Waals surface area (Å²) in [7, 11) is 0. The molecule has 0 amide bonds. The van der Waals surface area contributed by atoms with Crippen LogP contribution in [0.15, 0.2) is 42.5 Å². The quantitative estimate of drug-likeness (QED) is 0.206. The van der Waals surface area contributed by atoms with Gasteiger partial charge in [0.1, 0.15) is 5.75 Å². The predicted molar refractivity (Wildman–Crippen MR) is 120 cm³/mol. The summed E-state index contributed by atoms with van der Waals surface area (Å²) in [6.07, 6.45) is 16.4. The first-order chi connectivity index (χ1) is 14.2. The number of aliphatic hydroxyl groups is 1. The van der Waals surface area contributed by atoms with Gasteiger partial charge in [0.15, 0.2) is 0 Å². The minimum Gasteiger partial charge on any atom is -0.493 e. The van der Waals surface area contributed by atoms with Crippen molar-refractivity contribution in [2.24, 2.45) is 0 Å². The first kappa shape index (κ1) is 25.0. The molecule has 0 aliphatic heterocycles. The smallest absolute Gasteiger partial charge is 0.305 e. The summed E-state index contributed by atoms with van der Waals surface area (Å²) >= 11 is 0. The topological polar surface area (TPSA) is 55.8 Å². The van der Waals surface area contributed by atoms with Crippen molar-refractivity contribution in [1.29, 1.82) is 0 Å². The van der Waals surface area contributed by atoms with Gasteiger partial charge in [0.2, 0.25) is 0 Å². The fraction of sp³-hybridized carbons (Fsp3) is 0.560. The molecule has 0 bridgehead atoms. The minimum absolute atomic E-state index is 0.186. The van der Waals surface area contributed by atoms with Crippen molar-refractivity contribution in [3.63, 3.8) is 0 Å². The Balaban J connectivity index is 2.34. The second kappa shape index (κ2) is 16.8. The van der Waals surface area contributed by atoms with E-state index < -0.39 is 0 Å². The molecule has 0 saturated heterocycles. The van der Waals surface area contributed by atoms with Crippen molar-refractivity contribution in [3.05, 3.63) is 48.1 Å². The molecule has 0 aliphatic rings. The third kappa shape index (κ3) is 12.9. The molecule has 0 aliphatic carbocycles. The van der Waals surface area contributed by atoms with Gasteiger partial charge in [-0.15, -0.1) is 0 Å². The largest absolute Gasteiger partial charge is 0.493 e. The fourth-order valence-electron chi connectivity index (χ4n) is 2.96. The molecular formula is C25H38O4. The number of rotatable bonds is 16. The summed E-state index contributed by atoms with van der Waals surface area (Å²) in [5.74, 6) is 0.600. The van der Waals surface area contributed by atoms with Gasteiger partial charge in [-0.3, -0.25) is 4.79 Å². The summed E-state index contributed by atoms with van der Waals surface area (Å²) in [5, 5.41) is 10.0. The average Bonchev–Trinajstić information content (AvgIpc) is 2.72. The van der Waals surface area contributed by atoms with E-state index >= 15 is 0 Å². The molecule has 0 fully saturated rings. The summed E-state index contributed by atoms with van der Waals surface area (Å²) in [6, 6.07) is 7.79. The standard InChI is InChI=1S/C25H38O4/c1-3-5-6-7-8-9-17-23(26)18-12-10-15-22-16-11-13-19-24(22)29-21-14-20-25(27)28-4-2/h10-13,15-16,18-19,23,26H,3-9,14,17,20-21H2,1-2H3/b15-10+,18-12+/t23-/m1/s1. The lowest BCUT2D eigenvalue weighted by Crippen LogP contribution is -2.07. The zero-order valence-corrected chi connectivity index (χ0v) is 18.1. The number of carbonyl (C=O) groups is 1. The number of hydrogen-bond acceptors (Lipinski definition) is 4. The van der Waals surface area contributed by atoms with Gasteiger partial charge >= 0.3 is 5.97 Å². The lowest BCUT2D eigenvalue weighted by molar-refractivity contribution is -0.143. The Hall–Kier alpha value is -2.07. The van der Waals surface area contributed by atoms with Crippen LogP contribution in [0, 0.1) is 0 Å². The van der Waals surface area contributed by atoms with Crippen molar-refractivity contribution in [2.45, 2.75) is 77.7 Å². The van der Waals surface area contributed by atoms with Crippen LogP contribution < -0.4 is 4.74 Å². The molecule has 1 aromatic rings. The molecular weight excluding hydrogens is 364 g/mol. The Morgan fingerprint density at radius 1 is 1.03 bits per heavy atom. The van der Waals surface area contributed by atoms with Crippen LogP contribution in [0.2, 0.25) is 0 Å². The molecule has 29 heavy (non-hydrogen) atoms. The van der Waals surface area contributed by atoms with E-state index in [1.165, 1.54) is 32.1 Å². The molecule has 0 spiro atoms. The normalized spacial score (nSPS) is 12.5. The van der Waals surface area contributed by atoms with Gasteiger partial charge in [0.05, 0.1) is 19.3 Å². The Morgan fingerprint density at radius 3 is 2.59 bits per heavy atom. The summed E-state index contributed by atoms with van der Waals surface area (Å²) in [5.41, 5.74) is 0.971. The van der Waals surface area contributed by atoms with Gasteiger partial charge in [-0.05, 0) is 25.8 Å². The lowest BCUT2D eigenvalue weighted by Gasteiger charge is -2.09. The van der Waals surface area contributed by atoms with Gasteiger partial charge in [0, 0.05) is 12.0 Å². The van der Waals surface area contributed by atoms with Crippen LogP contribution >= 0.6 is 0 Å². The van der Waals surface area contributed by atoms with Gasteiger partial charge in [-0.1, -0.05) is 88.0 Å². The number of aliphatic hydroxyl groups excluding tert-OH is 1. The predicted octanol–water partition coefficient (Wildman–Crippen LogP) is 6.09. The maximum Gasteiger partial charge on any atom is 0.305 e. The van der Waals surface area contributed by atoms with E-state index in [-0.39, 0.29) is 12.1 Å². The van der Waals surface area contributed by atoms with Crippen LogP contribution in [0.3, 0.4) is 0 Å². The summed E-state index contributed by atoms with van der Waals surface area (Å²) in [6.45, 7) is 4.91. The summed E-state index contributed by atoms with van der Waals surface area (Å²) in [4.78, 5) is 11.4. The second-order valence-electron chi connectivity index (χ2n) is 7.16. The van der Waals surface area contributed by atoms with Crippen molar-refractivity contribution in [1.82, 2.24) is 0 Å². The van der Waals surface area contributed by atoms with E-state index in [4.69, 9.17) is 9.47 Å². The maximum absolute atomic E-state index is 11.4. The molecule has 1 rings (SSSR count). The summed E-state index contributed by atoms with van der Waals surface area (Å²) < 4.78 is 10.7. The molecule has 0 aromatic heterocycles. The number of unbranched alkanes of at least 4 members (excludes halogenated alkanes) is 5. The Bertz CT molecular complexity index is 607. The molecule has 1 atom stereocenters. The molecule has 1 aromatic carbocycles. The molecule has 4 nitrogen and oxygen atoms in total. The zero-order valence-electron chi connectivity index (χ0n) is 18.1. The van der Waals surface area contributed by atoms with Crippen molar-refractivity contribution in [2.75, 3.05) is 13.2 Å². The van der Waals surface area contributed by atoms with Crippen LogP contribution in [-0.2, 0) is 9.53 Å². The third-order valence-electron chi connectivity index (χ3n) is 4.58.